The highest BCUT2D eigenvalue weighted by Gasteiger charge is 2.18. The lowest BCUT2D eigenvalue weighted by Crippen LogP contribution is -2.17. The quantitative estimate of drug-likeness (QED) is 0.873. The summed E-state index contributed by atoms with van der Waals surface area (Å²) in [4.78, 5) is 10.6. The van der Waals surface area contributed by atoms with Crippen molar-refractivity contribution in [1.82, 2.24) is 0 Å². The number of ether oxygens (including phenoxy) is 2. The molecule has 0 unspecified atom stereocenters. The van der Waals surface area contributed by atoms with Gasteiger partial charge in [0.1, 0.15) is 13.2 Å². The minimum absolute atomic E-state index is 0.139. The molecule has 4 heteroatoms. The Kier molecular flexibility index (Phi) is 3.22. The second-order valence-corrected chi connectivity index (χ2v) is 4.20. The van der Waals surface area contributed by atoms with Crippen LogP contribution < -0.4 is 9.47 Å². The Labute approximate surface area is 100 Å². The Balaban J connectivity index is 2.33. The molecule has 92 valence electrons. The zero-order chi connectivity index (χ0) is 12.4. The topological polar surface area (TPSA) is 55.8 Å². The maximum Gasteiger partial charge on any atom is 0.303 e. The molecule has 1 aromatic rings. The normalized spacial score (nSPS) is 13.5. The van der Waals surface area contributed by atoms with Crippen molar-refractivity contribution in [2.45, 2.75) is 26.7 Å². The number of hydrogen-bond donors (Lipinski definition) is 1. The molecule has 0 atom stereocenters. The monoisotopic (exact) mass is 236 g/mol. The molecule has 1 aliphatic heterocycles. The predicted octanol–water partition coefficient (Wildman–Crippen LogP) is 2.09. The number of aliphatic carboxylic acids is 1. The van der Waals surface area contributed by atoms with Crippen molar-refractivity contribution in [3.05, 3.63) is 22.8 Å². The molecular weight excluding hydrogens is 220 g/mol. The minimum Gasteiger partial charge on any atom is -0.486 e. The van der Waals surface area contributed by atoms with Crippen LogP contribution in [0.5, 0.6) is 11.5 Å². The van der Waals surface area contributed by atoms with Gasteiger partial charge in [0.25, 0.3) is 0 Å². The Hall–Kier alpha value is -1.71. The van der Waals surface area contributed by atoms with Gasteiger partial charge in [-0.3, -0.25) is 4.79 Å². The molecule has 0 radical (unpaired) electrons. The van der Waals surface area contributed by atoms with E-state index in [0.29, 0.717) is 19.6 Å². The summed E-state index contributed by atoms with van der Waals surface area (Å²) >= 11 is 0. The van der Waals surface area contributed by atoms with Crippen LogP contribution in [0.4, 0.5) is 0 Å². The number of carbonyl (C=O) groups is 1. The van der Waals surface area contributed by atoms with Gasteiger partial charge in [0.2, 0.25) is 0 Å². The molecule has 0 aromatic heterocycles. The second-order valence-electron chi connectivity index (χ2n) is 4.20. The third kappa shape index (κ3) is 2.35. The molecule has 1 heterocycles. The Bertz CT molecular complexity index is 451. The highest BCUT2D eigenvalue weighted by molar-refractivity contribution is 5.67. The lowest BCUT2D eigenvalue weighted by Gasteiger charge is -2.23. The van der Waals surface area contributed by atoms with Crippen molar-refractivity contribution in [2.24, 2.45) is 0 Å². The summed E-state index contributed by atoms with van der Waals surface area (Å²) in [5.41, 5.74) is 3.16. The lowest BCUT2D eigenvalue weighted by atomic mass is 9.98. The van der Waals surface area contributed by atoms with E-state index in [1.807, 2.05) is 19.9 Å². The van der Waals surface area contributed by atoms with Crippen LogP contribution in [-0.4, -0.2) is 24.3 Å². The zero-order valence-corrected chi connectivity index (χ0v) is 10.1. The third-order valence-electron chi connectivity index (χ3n) is 3.11. The van der Waals surface area contributed by atoms with E-state index in [0.717, 1.165) is 28.2 Å². The first-order valence-electron chi connectivity index (χ1n) is 5.70. The fourth-order valence-corrected chi connectivity index (χ4v) is 2.01. The second kappa shape index (κ2) is 4.65. The first kappa shape index (κ1) is 11.8. The van der Waals surface area contributed by atoms with Crippen LogP contribution in [0.15, 0.2) is 6.07 Å². The van der Waals surface area contributed by atoms with E-state index < -0.39 is 5.97 Å². The number of benzene rings is 1. The van der Waals surface area contributed by atoms with E-state index in [2.05, 4.69) is 0 Å². The van der Waals surface area contributed by atoms with Gasteiger partial charge in [-0.25, -0.2) is 0 Å². The van der Waals surface area contributed by atoms with Crippen molar-refractivity contribution in [2.75, 3.05) is 13.2 Å². The van der Waals surface area contributed by atoms with Gasteiger partial charge in [-0.05, 0) is 43.0 Å². The molecule has 0 aliphatic carbocycles. The standard InChI is InChI=1S/C13H16O4/c1-8-9(2)13-11(16-5-6-17-13)7-10(8)3-4-12(14)15/h7H,3-6H2,1-2H3,(H,14,15). The summed E-state index contributed by atoms with van der Waals surface area (Å²) in [6.07, 6.45) is 0.665. The minimum atomic E-state index is -0.781. The molecule has 0 fully saturated rings. The summed E-state index contributed by atoms with van der Waals surface area (Å²) in [6.45, 7) is 5.09. The molecule has 1 N–H and O–H groups in total. The van der Waals surface area contributed by atoms with Crippen LogP contribution in [0.2, 0.25) is 0 Å². The van der Waals surface area contributed by atoms with E-state index in [1.165, 1.54) is 0 Å². The highest BCUT2D eigenvalue weighted by atomic mass is 16.6. The molecule has 2 rings (SSSR count). The highest BCUT2D eigenvalue weighted by Crippen LogP contribution is 2.37. The average molecular weight is 236 g/mol. The van der Waals surface area contributed by atoms with Crippen LogP contribution in [0.25, 0.3) is 0 Å². The molecule has 4 nitrogen and oxygen atoms in total. The van der Waals surface area contributed by atoms with E-state index in [1.54, 1.807) is 0 Å². The summed E-state index contributed by atoms with van der Waals surface area (Å²) in [5, 5.41) is 8.72. The lowest BCUT2D eigenvalue weighted by molar-refractivity contribution is -0.136. The van der Waals surface area contributed by atoms with E-state index in [-0.39, 0.29) is 6.42 Å². The Morgan fingerprint density at radius 1 is 1.29 bits per heavy atom. The van der Waals surface area contributed by atoms with Crippen LogP contribution in [-0.2, 0) is 11.2 Å². The van der Waals surface area contributed by atoms with Crippen molar-refractivity contribution in [3.63, 3.8) is 0 Å². The summed E-state index contributed by atoms with van der Waals surface area (Å²) in [7, 11) is 0. The maximum absolute atomic E-state index is 10.6. The molecule has 0 bridgehead atoms. The van der Waals surface area contributed by atoms with Crippen LogP contribution in [0.1, 0.15) is 23.1 Å². The van der Waals surface area contributed by atoms with Gasteiger partial charge in [0.15, 0.2) is 11.5 Å². The van der Waals surface area contributed by atoms with E-state index >= 15 is 0 Å². The number of carboxylic acids is 1. The van der Waals surface area contributed by atoms with E-state index in [4.69, 9.17) is 14.6 Å². The smallest absolute Gasteiger partial charge is 0.303 e. The summed E-state index contributed by atoms with van der Waals surface area (Å²) in [5.74, 6) is 0.754. The maximum atomic E-state index is 10.6. The molecule has 0 saturated carbocycles. The van der Waals surface area contributed by atoms with Gasteiger partial charge in [0, 0.05) is 6.42 Å². The van der Waals surface area contributed by atoms with Gasteiger partial charge >= 0.3 is 5.97 Å². The van der Waals surface area contributed by atoms with Crippen LogP contribution in [0, 0.1) is 13.8 Å². The summed E-state index contributed by atoms with van der Waals surface area (Å²) < 4.78 is 11.1. The molecular formula is C13H16O4. The largest absolute Gasteiger partial charge is 0.486 e. The fourth-order valence-electron chi connectivity index (χ4n) is 2.01. The number of carboxylic acid groups (broad SMARTS) is 1. The molecule has 0 saturated heterocycles. The first-order valence-corrected chi connectivity index (χ1v) is 5.70. The number of hydrogen-bond acceptors (Lipinski definition) is 3. The number of fused-ring (bicyclic) bond motifs is 1. The van der Waals surface area contributed by atoms with Gasteiger partial charge in [-0.1, -0.05) is 0 Å². The number of rotatable bonds is 3. The molecule has 0 spiro atoms. The number of aryl methyl sites for hydroxylation is 1. The molecule has 17 heavy (non-hydrogen) atoms. The SMILES string of the molecule is Cc1c(CCC(=O)O)cc2c(c1C)OCCO2. The van der Waals surface area contributed by atoms with Gasteiger partial charge < -0.3 is 14.6 Å². The molecule has 1 aliphatic rings. The van der Waals surface area contributed by atoms with Gasteiger partial charge in [0.05, 0.1) is 0 Å². The molecule has 1 aromatic carbocycles. The van der Waals surface area contributed by atoms with Gasteiger partial charge in [-0.2, -0.15) is 0 Å². The average Bonchev–Trinajstić information content (AvgIpc) is 2.32. The van der Waals surface area contributed by atoms with Crippen molar-refractivity contribution < 1.29 is 19.4 Å². The Morgan fingerprint density at radius 3 is 2.71 bits per heavy atom. The van der Waals surface area contributed by atoms with Crippen molar-refractivity contribution >= 4 is 5.97 Å². The third-order valence-corrected chi connectivity index (χ3v) is 3.11. The van der Waals surface area contributed by atoms with Crippen LogP contribution >= 0.6 is 0 Å². The van der Waals surface area contributed by atoms with Crippen molar-refractivity contribution in [1.29, 1.82) is 0 Å². The van der Waals surface area contributed by atoms with Gasteiger partial charge in [-0.15, -0.1) is 0 Å². The molecule has 0 amide bonds. The van der Waals surface area contributed by atoms with E-state index in [9.17, 15) is 4.79 Å². The Morgan fingerprint density at radius 2 is 2.00 bits per heavy atom. The van der Waals surface area contributed by atoms with Crippen molar-refractivity contribution in [3.8, 4) is 11.5 Å². The fraction of sp³-hybridized carbons (Fsp3) is 0.462. The zero-order valence-electron chi connectivity index (χ0n) is 10.1. The predicted molar refractivity (Wildman–Crippen MR) is 62.9 cm³/mol. The first-order chi connectivity index (χ1) is 8.09. The van der Waals surface area contributed by atoms with Crippen LogP contribution in [0.3, 0.4) is 0 Å². The summed E-state index contributed by atoms with van der Waals surface area (Å²) in [6, 6.07) is 1.90.